The lowest BCUT2D eigenvalue weighted by molar-refractivity contribution is 0.0963. The first-order chi connectivity index (χ1) is 11.6. The quantitative estimate of drug-likeness (QED) is 0.760. The molecule has 0 saturated carbocycles. The van der Waals surface area contributed by atoms with E-state index in [9.17, 15) is 14.0 Å². The van der Waals surface area contributed by atoms with Crippen molar-refractivity contribution in [2.45, 2.75) is 13.0 Å². The first kappa shape index (κ1) is 17.5. The van der Waals surface area contributed by atoms with Crippen LogP contribution in [0.1, 0.15) is 21.5 Å². The summed E-state index contributed by atoms with van der Waals surface area (Å²) in [6, 6.07) is 12.9. The maximum absolute atomic E-state index is 12.8. The Balaban J connectivity index is 1.71. The van der Waals surface area contributed by atoms with Gasteiger partial charge in [0.25, 0.3) is 5.91 Å². The number of benzene rings is 2. The molecule has 0 bridgehead atoms. The highest BCUT2D eigenvalue weighted by atomic mass is 19.1. The minimum atomic E-state index is -0.271. The summed E-state index contributed by atoms with van der Waals surface area (Å²) >= 11 is 0. The van der Waals surface area contributed by atoms with E-state index in [1.807, 2.05) is 0 Å². The number of carbonyl (C=O) groups excluding carboxylic acids is 2. The zero-order valence-corrected chi connectivity index (χ0v) is 13.4. The van der Waals surface area contributed by atoms with Crippen LogP contribution < -0.4 is 16.0 Å². The highest BCUT2D eigenvalue weighted by Gasteiger charge is 2.04. The first-order valence-corrected chi connectivity index (χ1v) is 7.65. The summed E-state index contributed by atoms with van der Waals surface area (Å²) in [5.74, 6) is -0.417. The van der Waals surface area contributed by atoms with Crippen LogP contribution >= 0.6 is 0 Å². The molecule has 0 spiro atoms. The van der Waals surface area contributed by atoms with E-state index >= 15 is 0 Å². The summed E-state index contributed by atoms with van der Waals surface area (Å²) in [5, 5.41) is 8.04. The van der Waals surface area contributed by atoms with Crippen molar-refractivity contribution in [1.82, 2.24) is 16.0 Å². The normalized spacial score (nSPS) is 10.1. The molecule has 0 aliphatic carbocycles. The number of carbonyl (C=O) groups is 2. The number of amides is 3. The van der Waals surface area contributed by atoms with Gasteiger partial charge in [-0.2, -0.15) is 0 Å². The second-order valence-electron chi connectivity index (χ2n) is 5.26. The topological polar surface area (TPSA) is 70.2 Å². The largest absolute Gasteiger partial charge is 0.355 e. The first-order valence-electron chi connectivity index (χ1n) is 7.65. The number of nitrogens with one attached hydrogen (secondary N) is 3. The van der Waals surface area contributed by atoms with Gasteiger partial charge in [0.1, 0.15) is 5.82 Å². The molecule has 0 saturated heterocycles. The Bertz CT molecular complexity index is 684. The Kier molecular flexibility index (Phi) is 6.31. The van der Waals surface area contributed by atoms with Gasteiger partial charge in [0.05, 0.1) is 0 Å². The van der Waals surface area contributed by atoms with Crippen LogP contribution in [0.5, 0.6) is 0 Å². The predicted octanol–water partition coefficient (Wildman–Crippen LogP) is 2.23. The molecular weight excluding hydrogens is 309 g/mol. The second kappa shape index (κ2) is 8.67. The van der Waals surface area contributed by atoms with Crippen molar-refractivity contribution in [3.8, 4) is 0 Å². The Morgan fingerprint density at radius 3 is 2.17 bits per heavy atom. The number of urea groups is 1. The molecule has 0 unspecified atom stereocenters. The third-order valence-corrected chi connectivity index (χ3v) is 3.51. The molecule has 0 aliphatic heterocycles. The fraction of sp³-hybridized carbons (Fsp3) is 0.222. The van der Waals surface area contributed by atoms with Crippen molar-refractivity contribution in [2.75, 3.05) is 13.6 Å². The number of hydrogen-bond donors (Lipinski definition) is 3. The van der Waals surface area contributed by atoms with Crippen LogP contribution in [0, 0.1) is 5.82 Å². The summed E-state index contributed by atoms with van der Waals surface area (Å²) < 4.78 is 12.8. The molecule has 2 aromatic rings. The number of rotatable bonds is 6. The SMILES string of the molecule is CNC(=O)c1ccc(CNC(=O)NCCc2ccc(F)cc2)cc1. The zero-order chi connectivity index (χ0) is 17.4. The lowest BCUT2D eigenvalue weighted by atomic mass is 10.1. The molecule has 0 atom stereocenters. The summed E-state index contributed by atoms with van der Waals surface area (Å²) in [4.78, 5) is 23.2. The molecule has 3 N–H and O–H groups in total. The smallest absolute Gasteiger partial charge is 0.315 e. The molecule has 0 radical (unpaired) electrons. The minimum absolute atomic E-state index is 0.145. The van der Waals surface area contributed by atoms with Crippen LogP contribution in [0.15, 0.2) is 48.5 Å². The molecule has 3 amide bonds. The molecule has 126 valence electrons. The van der Waals surface area contributed by atoms with E-state index in [1.54, 1.807) is 43.4 Å². The van der Waals surface area contributed by atoms with E-state index in [-0.39, 0.29) is 17.8 Å². The molecule has 6 heteroatoms. The monoisotopic (exact) mass is 329 g/mol. The standard InChI is InChI=1S/C18H20FN3O2/c1-20-17(23)15-6-2-14(3-7-15)12-22-18(24)21-11-10-13-4-8-16(19)9-5-13/h2-9H,10-12H2,1H3,(H,20,23)(H2,21,22,24). The van der Waals surface area contributed by atoms with E-state index in [4.69, 9.17) is 0 Å². The fourth-order valence-electron chi connectivity index (χ4n) is 2.13. The molecule has 0 heterocycles. The van der Waals surface area contributed by atoms with Crippen molar-refractivity contribution >= 4 is 11.9 Å². The Morgan fingerprint density at radius 2 is 1.54 bits per heavy atom. The van der Waals surface area contributed by atoms with Crippen LogP contribution in [0.4, 0.5) is 9.18 Å². The molecule has 0 aromatic heterocycles. The molecule has 24 heavy (non-hydrogen) atoms. The van der Waals surface area contributed by atoms with Crippen LogP contribution in [0.25, 0.3) is 0 Å². The molecular formula is C18H20FN3O2. The Hall–Kier alpha value is -2.89. The van der Waals surface area contributed by atoms with E-state index in [0.717, 1.165) is 11.1 Å². The van der Waals surface area contributed by atoms with Crippen LogP contribution in [0.2, 0.25) is 0 Å². The van der Waals surface area contributed by atoms with Crippen molar-refractivity contribution < 1.29 is 14.0 Å². The highest BCUT2D eigenvalue weighted by Crippen LogP contribution is 2.04. The van der Waals surface area contributed by atoms with Gasteiger partial charge in [-0.15, -0.1) is 0 Å². The number of halogens is 1. The predicted molar refractivity (Wildman–Crippen MR) is 90.2 cm³/mol. The minimum Gasteiger partial charge on any atom is -0.355 e. The lowest BCUT2D eigenvalue weighted by Gasteiger charge is -2.08. The summed E-state index contributed by atoms with van der Waals surface area (Å²) in [6.45, 7) is 0.837. The van der Waals surface area contributed by atoms with Gasteiger partial charge in [-0.25, -0.2) is 9.18 Å². The van der Waals surface area contributed by atoms with E-state index in [1.165, 1.54) is 12.1 Å². The van der Waals surface area contributed by atoms with Crippen molar-refractivity contribution in [1.29, 1.82) is 0 Å². The van der Waals surface area contributed by atoms with Crippen molar-refractivity contribution in [3.63, 3.8) is 0 Å². The van der Waals surface area contributed by atoms with Crippen LogP contribution in [-0.2, 0) is 13.0 Å². The van der Waals surface area contributed by atoms with Gasteiger partial charge < -0.3 is 16.0 Å². The van der Waals surface area contributed by atoms with Crippen molar-refractivity contribution in [3.05, 3.63) is 71.0 Å². The third-order valence-electron chi connectivity index (χ3n) is 3.51. The molecule has 0 aliphatic rings. The van der Waals surface area contributed by atoms with Gasteiger partial charge in [-0.05, 0) is 41.8 Å². The molecule has 0 fully saturated rings. The summed E-state index contributed by atoms with van der Waals surface area (Å²) in [5.41, 5.74) is 2.43. The van der Waals surface area contributed by atoms with Crippen LogP contribution in [-0.4, -0.2) is 25.5 Å². The molecule has 5 nitrogen and oxygen atoms in total. The van der Waals surface area contributed by atoms with E-state index in [2.05, 4.69) is 16.0 Å². The molecule has 2 rings (SSSR count). The highest BCUT2D eigenvalue weighted by molar-refractivity contribution is 5.93. The molecule has 2 aromatic carbocycles. The maximum Gasteiger partial charge on any atom is 0.315 e. The average Bonchev–Trinajstić information content (AvgIpc) is 2.61. The average molecular weight is 329 g/mol. The zero-order valence-electron chi connectivity index (χ0n) is 13.4. The third kappa shape index (κ3) is 5.39. The van der Waals surface area contributed by atoms with Crippen molar-refractivity contribution in [2.24, 2.45) is 0 Å². The van der Waals surface area contributed by atoms with Crippen LogP contribution in [0.3, 0.4) is 0 Å². The van der Waals surface area contributed by atoms with Gasteiger partial charge in [0.2, 0.25) is 0 Å². The van der Waals surface area contributed by atoms with Gasteiger partial charge in [-0.3, -0.25) is 4.79 Å². The Labute approximate surface area is 140 Å². The van der Waals surface area contributed by atoms with Gasteiger partial charge in [-0.1, -0.05) is 24.3 Å². The van der Waals surface area contributed by atoms with E-state index in [0.29, 0.717) is 25.1 Å². The summed E-state index contributed by atoms with van der Waals surface area (Å²) in [7, 11) is 1.58. The van der Waals surface area contributed by atoms with Gasteiger partial charge in [0, 0.05) is 25.7 Å². The Morgan fingerprint density at radius 1 is 0.917 bits per heavy atom. The second-order valence-corrected chi connectivity index (χ2v) is 5.26. The summed E-state index contributed by atoms with van der Waals surface area (Å²) in [6.07, 6.45) is 0.633. The maximum atomic E-state index is 12.8. The number of hydrogen-bond acceptors (Lipinski definition) is 2. The fourth-order valence-corrected chi connectivity index (χ4v) is 2.13. The lowest BCUT2D eigenvalue weighted by Crippen LogP contribution is -2.36. The van der Waals surface area contributed by atoms with E-state index < -0.39 is 0 Å². The van der Waals surface area contributed by atoms with Gasteiger partial charge in [0.15, 0.2) is 0 Å². The van der Waals surface area contributed by atoms with Gasteiger partial charge >= 0.3 is 6.03 Å².